The number of aliphatic hydroxyl groups excluding tert-OH is 2. The molecule has 7 rings (SSSR count). The molecule has 2 aromatic rings. The van der Waals surface area contributed by atoms with Gasteiger partial charge in [-0.3, -0.25) is 38.5 Å². The molecule has 0 unspecified atom stereocenters. The van der Waals surface area contributed by atoms with Gasteiger partial charge in [0.1, 0.15) is 18.7 Å². The third-order valence-corrected chi connectivity index (χ3v) is 14.5. The van der Waals surface area contributed by atoms with Crippen LogP contribution in [0.2, 0.25) is 0 Å². The highest BCUT2D eigenvalue weighted by molar-refractivity contribution is 6.01. The number of benzene rings is 2. The quantitative estimate of drug-likeness (QED) is 0.128. The van der Waals surface area contributed by atoms with Gasteiger partial charge in [0.15, 0.2) is 23.5 Å². The van der Waals surface area contributed by atoms with E-state index in [2.05, 4.69) is 22.9 Å². The Labute approximate surface area is 372 Å². The second-order valence-electron chi connectivity index (χ2n) is 18.4. The molecule has 1 saturated heterocycles. The predicted octanol–water partition coefficient (Wildman–Crippen LogP) is 3.78. The molecule has 1 aliphatic heterocycles. The molecule has 340 valence electrons. The summed E-state index contributed by atoms with van der Waals surface area (Å²) in [6.45, 7) is 7.84. The first-order valence-electron chi connectivity index (χ1n) is 22.0. The number of ketones is 2. The van der Waals surface area contributed by atoms with Crippen LogP contribution in [0.5, 0.6) is 0 Å². The van der Waals surface area contributed by atoms with Crippen molar-refractivity contribution in [3.63, 3.8) is 0 Å². The lowest BCUT2D eigenvalue weighted by atomic mass is 9.46. The van der Waals surface area contributed by atoms with Crippen molar-refractivity contribution in [1.29, 1.82) is 0 Å². The summed E-state index contributed by atoms with van der Waals surface area (Å²) >= 11 is 0. The first-order chi connectivity index (χ1) is 30.5. The maximum absolute atomic E-state index is 14.0. The summed E-state index contributed by atoms with van der Waals surface area (Å²) in [5.74, 6) is -2.74. The fourth-order valence-electron chi connectivity index (χ4n) is 11.3. The Morgan fingerprint density at radius 1 is 1.00 bits per heavy atom. The molecule has 1 heterocycles. The van der Waals surface area contributed by atoms with Crippen molar-refractivity contribution in [3.05, 3.63) is 101 Å². The molecule has 11 atom stereocenters. The number of hydrogen-bond acceptors (Lipinski definition) is 11. The van der Waals surface area contributed by atoms with Crippen LogP contribution in [0.4, 0.5) is 5.69 Å². The Morgan fingerprint density at radius 2 is 1.73 bits per heavy atom. The van der Waals surface area contributed by atoms with Gasteiger partial charge in [0, 0.05) is 41.0 Å². The van der Waals surface area contributed by atoms with Crippen molar-refractivity contribution >= 4 is 47.3 Å². The van der Waals surface area contributed by atoms with Crippen molar-refractivity contribution in [2.45, 2.75) is 109 Å². The van der Waals surface area contributed by atoms with Crippen LogP contribution in [0.25, 0.3) is 0 Å². The SMILES string of the molecule is C/C=C\C(=O)N(C=O)CCC(=O)N[C@@H](C)C(=O)N[C@@H](C)C(=O)Nc1cccc(Cc2ccc([C@@H]3O[C@@H]4C[C@H]5[C@@H]6CCC7=CC(=O)C=C[C@]7(C)[C@H]6[C@@H](O)C[C@]5(C)[C@]4(C(=O)CO)O3)cc2)c1. The molecular weight excluding hydrogens is 821 g/mol. The minimum Gasteiger partial charge on any atom is -0.393 e. The zero-order valence-corrected chi connectivity index (χ0v) is 36.9. The topological polar surface area (TPSA) is 218 Å². The first-order valence-corrected chi connectivity index (χ1v) is 22.0. The molecular formula is C49H58N4O11. The number of fused-ring (bicyclic) bond motifs is 7. The first kappa shape index (κ1) is 46.4. The zero-order valence-electron chi connectivity index (χ0n) is 36.9. The minimum atomic E-state index is -1.45. The number of ether oxygens (including phenoxy) is 2. The average Bonchev–Trinajstić information content (AvgIpc) is 3.76. The fraction of sp³-hybridized carbons (Fsp3) is 0.490. The van der Waals surface area contributed by atoms with Crippen molar-refractivity contribution in [3.8, 4) is 0 Å². The number of allylic oxidation sites excluding steroid dienone is 5. The van der Waals surface area contributed by atoms with E-state index in [1.807, 2.05) is 55.5 Å². The highest BCUT2D eigenvalue weighted by Gasteiger charge is 2.75. The van der Waals surface area contributed by atoms with Crippen LogP contribution in [0, 0.1) is 28.6 Å². The number of carbonyl (C=O) groups is 7. The monoisotopic (exact) mass is 878 g/mol. The van der Waals surface area contributed by atoms with Crippen LogP contribution >= 0.6 is 0 Å². The van der Waals surface area contributed by atoms with Crippen molar-refractivity contribution in [1.82, 2.24) is 15.5 Å². The Kier molecular flexibility index (Phi) is 13.4. The normalized spacial score (nSPS) is 31.0. The standard InChI is InChI=1S/C49H58N4O11/c1-6-8-42(60)53(27-55)20-18-41(59)50-28(2)44(61)51-29(3)45(62)52-34-10-7-9-31(22-34)21-30-11-13-32(14-12-30)46-63-40-24-37-36-16-15-33-23-35(56)17-19-47(33,4)43(36)38(57)25-48(37,5)49(40,64-46)39(58)26-54/h6-14,17,19,22-23,27-29,36-38,40,43,46,54,57H,15-16,18,20-21,24-26H2,1-5H3,(H,50,59)(H,51,61)(H,52,62)/b8-6-/t28-,29-,36-,37-,38-,40+,43+,46+,47-,48-,49+/m0/s1. The molecule has 4 aliphatic carbocycles. The number of imide groups is 1. The lowest BCUT2D eigenvalue weighted by Gasteiger charge is -2.59. The number of carbonyl (C=O) groups excluding carboxylic acids is 7. The maximum Gasteiger partial charge on any atom is 0.252 e. The summed E-state index contributed by atoms with van der Waals surface area (Å²) in [6.07, 6.45) is 8.68. The Balaban J connectivity index is 0.947. The van der Waals surface area contributed by atoms with E-state index in [1.165, 1.54) is 26.0 Å². The summed E-state index contributed by atoms with van der Waals surface area (Å²) in [5.41, 5.74) is 1.40. The second kappa shape index (κ2) is 18.5. The molecule has 3 saturated carbocycles. The van der Waals surface area contributed by atoms with E-state index in [9.17, 15) is 43.8 Å². The smallest absolute Gasteiger partial charge is 0.252 e. The van der Waals surface area contributed by atoms with Gasteiger partial charge in [-0.1, -0.05) is 68.0 Å². The third kappa shape index (κ3) is 8.53. The largest absolute Gasteiger partial charge is 0.393 e. The van der Waals surface area contributed by atoms with Crippen molar-refractivity contribution in [2.24, 2.45) is 28.6 Å². The highest BCUT2D eigenvalue weighted by atomic mass is 16.7. The highest BCUT2D eigenvalue weighted by Crippen LogP contribution is 2.70. The molecule has 64 heavy (non-hydrogen) atoms. The molecule has 5 amide bonds. The maximum atomic E-state index is 14.0. The van der Waals surface area contributed by atoms with E-state index in [-0.39, 0.29) is 36.5 Å². The number of nitrogens with one attached hydrogen (secondary N) is 3. The molecule has 0 radical (unpaired) electrons. The zero-order chi connectivity index (χ0) is 46.1. The number of rotatable bonds is 15. The van der Waals surface area contributed by atoms with Crippen LogP contribution in [0.3, 0.4) is 0 Å². The molecule has 2 aromatic carbocycles. The summed E-state index contributed by atoms with van der Waals surface area (Å²) in [6, 6.07) is 13.0. The van der Waals surface area contributed by atoms with Gasteiger partial charge >= 0.3 is 0 Å². The molecule has 0 bridgehead atoms. The fourth-order valence-corrected chi connectivity index (χ4v) is 11.3. The van der Waals surface area contributed by atoms with E-state index in [4.69, 9.17) is 9.47 Å². The predicted molar refractivity (Wildman–Crippen MR) is 234 cm³/mol. The van der Waals surface area contributed by atoms with Gasteiger partial charge in [-0.15, -0.1) is 0 Å². The number of aliphatic hydroxyl groups is 2. The average molecular weight is 879 g/mol. The minimum absolute atomic E-state index is 0.0119. The number of hydrogen-bond donors (Lipinski definition) is 5. The van der Waals surface area contributed by atoms with Gasteiger partial charge in [-0.2, -0.15) is 0 Å². The van der Waals surface area contributed by atoms with E-state index in [1.54, 1.807) is 25.1 Å². The van der Waals surface area contributed by atoms with Gasteiger partial charge in [-0.05, 0) is 106 Å². The van der Waals surface area contributed by atoms with E-state index in [0.29, 0.717) is 36.9 Å². The Morgan fingerprint density at radius 3 is 2.44 bits per heavy atom. The van der Waals surface area contributed by atoms with Gasteiger partial charge in [0.05, 0.1) is 12.2 Å². The number of Topliss-reactive ketones (excluding diaryl/α,β-unsaturated/α-hetero) is 1. The van der Waals surface area contributed by atoms with Gasteiger partial charge in [0.2, 0.25) is 24.1 Å². The van der Waals surface area contributed by atoms with Crippen molar-refractivity contribution < 1.29 is 53.2 Å². The Hall–Kier alpha value is -5.61. The molecule has 15 nitrogen and oxygen atoms in total. The molecule has 5 N–H and O–H groups in total. The molecule has 4 fully saturated rings. The lowest BCUT2D eigenvalue weighted by molar-refractivity contribution is -0.201. The molecule has 0 spiro atoms. The number of nitrogens with zero attached hydrogens (tertiary/aromatic N) is 1. The number of anilines is 1. The van der Waals surface area contributed by atoms with Crippen molar-refractivity contribution in [2.75, 3.05) is 18.5 Å². The van der Waals surface area contributed by atoms with Crippen LogP contribution < -0.4 is 16.0 Å². The van der Waals surface area contributed by atoms with Crippen LogP contribution in [-0.4, -0.2) is 99.8 Å². The molecule has 0 aromatic heterocycles. The van der Waals surface area contributed by atoms with E-state index >= 15 is 0 Å². The summed E-state index contributed by atoms with van der Waals surface area (Å²) in [7, 11) is 0. The molecule has 5 aliphatic rings. The van der Waals surface area contributed by atoms with Gasteiger partial charge < -0.3 is 35.6 Å². The number of amides is 5. The van der Waals surface area contributed by atoms with Crippen LogP contribution in [-0.2, 0) is 49.5 Å². The van der Waals surface area contributed by atoms with Gasteiger partial charge in [-0.25, -0.2) is 0 Å². The Bertz CT molecular complexity index is 2290. The third-order valence-electron chi connectivity index (χ3n) is 14.5. The van der Waals surface area contributed by atoms with Gasteiger partial charge in [0.25, 0.3) is 5.91 Å². The summed E-state index contributed by atoms with van der Waals surface area (Å²) < 4.78 is 13.4. The second-order valence-corrected chi connectivity index (χ2v) is 18.4. The van der Waals surface area contributed by atoms with E-state index < -0.39 is 83.0 Å². The summed E-state index contributed by atoms with van der Waals surface area (Å²) in [5, 5.41) is 30.2. The van der Waals surface area contributed by atoms with Crippen LogP contribution in [0.1, 0.15) is 89.7 Å². The van der Waals surface area contributed by atoms with Crippen LogP contribution in [0.15, 0.2) is 84.5 Å². The molecule has 15 heteroatoms. The summed E-state index contributed by atoms with van der Waals surface area (Å²) in [4.78, 5) is 88.4. The lowest BCUT2D eigenvalue weighted by Crippen LogP contribution is -2.63. The van der Waals surface area contributed by atoms with E-state index in [0.717, 1.165) is 34.4 Å².